The first-order valence-electron chi connectivity index (χ1n) is 10.2. The van der Waals surface area contributed by atoms with Crippen molar-refractivity contribution >= 4 is 5.57 Å². The maximum Gasteiger partial charge on any atom is 0.0690 e. The van der Waals surface area contributed by atoms with Gasteiger partial charge >= 0.3 is 0 Å². The third-order valence-electron chi connectivity index (χ3n) is 6.37. The maximum atomic E-state index is 4.18. The van der Waals surface area contributed by atoms with Gasteiger partial charge in [0.25, 0.3) is 0 Å². The topological polar surface area (TPSA) is 15.3 Å². The van der Waals surface area contributed by atoms with Crippen LogP contribution < -0.4 is 5.32 Å². The molecule has 0 bridgehead atoms. The zero-order valence-corrected chi connectivity index (χ0v) is 17.7. The molecule has 1 atom stereocenters. The molecule has 3 rings (SSSR count). The number of rotatable bonds is 7. The Morgan fingerprint density at radius 3 is 2.67 bits per heavy atom. The van der Waals surface area contributed by atoms with Gasteiger partial charge < -0.3 is 5.32 Å². The highest BCUT2D eigenvalue weighted by atomic mass is 15.3. The van der Waals surface area contributed by atoms with E-state index < -0.39 is 0 Å². The number of nitrogens with one attached hydrogen (secondary N) is 1. The predicted octanol–water partition coefficient (Wildman–Crippen LogP) is 5.47. The lowest BCUT2D eigenvalue weighted by Gasteiger charge is -2.39. The van der Waals surface area contributed by atoms with E-state index in [1.54, 1.807) is 0 Å². The largest absolute Gasteiger partial charge is 0.302 e. The van der Waals surface area contributed by atoms with Crippen LogP contribution in [-0.2, 0) is 25.9 Å². The van der Waals surface area contributed by atoms with E-state index in [2.05, 4.69) is 87.9 Å². The van der Waals surface area contributed by atoms with E-state index in [4.69, 9.17) is 0 Å². The number of hydrogen-bond acceptors (Lipinski definition) is 2. The van der Waals surface area contributed by atoms with Gasteiger partial charge in [-0.15, -0.1) is 0 Å². The summed E-state index contributed by atoms with van der Waals surface area (Å²) in [5.74, 6) is 0. The second-order valence-electron chi connectivity index (χ2n) is 8.22. The van der Waals surface area contributed by atoms with Crippen LogP contribution in [0.5, 0.6) is 0 Å². The van der Waals surface area contributed by atoms with Crippen molar-refractivity contribution in [1.29, 1.82) is 0 Å². The molecule has 0 aromatic heterocycles. The maximum absolute atomic E-state index is 4.18. The fourth-order valence-corrected chi connectivity index (χ4v) is 4.26. The van der Waals surface area contributed by atoms with Crippen molar-refractivity contribution in [3.63, 3.8) is 0 Å². The summed E-state index contributed by atoms with van der Waals surface area (Å²) in [5.41, 5.74) is 9.67. The minimum Gasteiger partial charge on any atom is -0.302 e. The Bertz CT molecular complexity index is 836. The van der Waals surface area contributed by atoms with Gasteiger partial charge in [-0.1, -0.05) is 55.5 Å². The monoisotopic (exact) mass is 362 g/mol. The third kappa shape index (κ3) is 4.02. The molecule has 0 radical (unpaired) electrons. The zero-order valence-electron chi connectivity index (χ0n) is 17.7. The molecule has 144 valence electrons. The average molecular weight is 363 g/mol. The molecule has 2 aromatic carbocycles. The number of allylic oxidation sites excluding steroid dienone is 1. The third-order valence-corrected chi connectivity index (χ3v) is 6.37. The Labute approximate surface area is 165 Å². The molecule has 1 N–H and O–H groups in total. The van der Waals surface area contributed by atoms with E-state index in [1.807, 2.05) is 0 Å². The van der Waals surface area contributed by atoms with Crippen molar-refractivity contribution < 1.29 is 0 Å². The van der Waals surface area contributed by atoms with Crippen LogP contribution in [-0.4, -0.2) is 17.6 Å². The number of hydrogen-bond donors (Lipinski definition) is 1. The summed E-state index contributed by atoms with van der Waals surface area (Å²) in [4.78, 5) is 2.58. The van der Waals surface area contributed by atoms with Gasteiger partial charge in [-0.2, -0.15) is 0 Å². The molecule has 0 saturated carbocycles. The molecule has 2 aromatic rings. The van der Waals surface area contributed by atoms with Crippen LogP contribution in [0.4, 0.5) is 0 Å². The van der Waals surface area contributed by atoms with Crippen molar-refractivity contribution in [3.05, 3.63) is 76.4 Å². The van der Waals surface area contributed by atoms with Crippen molar-refractivity contribution in [3.8, 4) is 0 Å². The normalized spacial score (nSPS) is 16.2. The van der Waals surface area contributed by atoms with Crippen molar-refractivity contribution in [2.24, 2.45) is 0 Å². The Kier molecular flexibility index (Phi) is 5.88. The van der Waals surface area contributed by atoms with Crippen LogP contribution in [0.3, 0.4) is 0 Å². The summed E-state index contributed by atoms with van der Waals surface area (Å²) in [6.45, 7) is 15.1. The minimum atomic E-state index is -0.0252. The fraction of sp³-hybridized carbons (Fsp3) is 0.440. The van der Waals surface area contributed by atoms with E-state index in [-0.39, 0.29) is 5.66 Å². The summed E-state index contributed by atoms with van der Waals surface area (Å²) >= 11 is 0. The summed E-state index contributed by atoms with van der Waals surface area (Å²) in [6, 6.07) is 13.6. The molecule has 1 unspecified atom stereocenters. The van der Waals surface area contributed by atoms with Crippen LogP contribution in [0, 0.1) is 6.92 Å². The van der Waals surface area contributed by atoms with Crippen LogP contribution in [0.2, 0.25) is 0 Å². The molecule has 0 spiro atoms. The molecule has 0 fully saturated rings. The van der Waals surface area contributed by atoms with Crippen LogP contribution in [0.25, 0.3) is 5.57 Å². The van der Waals surface area contributed by atoms with Gasteiger partial charge in [0.1, 0.15) is 0 Å². The minimum absolute atomic E-state index is 0.0252. The molecule has 2 nitrogen and oxygen atoms in total. The van der Waals surface area contributed by atoms with Crippen LogP contribution in [0.1, 0.15) is 60.6 Å². The highest BCUT2D eigenvalue weighted by Gasteiger charge is 2.35. The molecule has 0 aliphatic carbocycles. The van der Waals surface area contributed by atoms with Gasteiger partial charge in [-0.25, -0.2) is 0 Å². The number of benzene rings is 2. The van der Waals surface area contributed by atoms with Gasteiger partial charge in [-0.3, -0.25) is 4.90 Å². The lowest BCUT2D eigenvalue weighted by atomic mass is 9.96. The first kappa shape index (κ1) is 19.9. The summed E-state index contributed by atoms with van der Waals surface area (Å²) in [5, 5.41) is 3.62. The quantitative estimate of drug-likeness (QED) is 0.702. The molecule has 0 amide bonds. The molecular weight excluding hydrogens is 328 g/mol. The predicted molar refractivity (Wildman–Crippen MR) is 117 cm³/mol. The second kappa shape index (κ2) is 8.00. The highest BCUT2D eigenvalue weighted by Crippen LogP contribution is 2.34. The average Bonchev–Trinajstić information content (AvgIpc) is 3.11. The van der Waals surface area contributed by atoms with Crippen molar-refractivity contribution in [2.45, 2.75) is 65.7 Å². The van der Waals surface area contributed by atoms with Crippen LogP contribution in [0.15, 0.2) is 43.0 Å². The Morgan fingerprint density at radius 1 is 1.22 bits per heavy atom. The van der Waals surface area contributed by atoms with E-state index in [0.29, 0.717) is 0 Å². The second-order valence-corrected chi connectivity index (χ2v) is 8.22. The van der Waals surface area contributed by atoms with Gasteiger partial charge in [0.05, 0.1) is 5.66 Å². The molecular formula is C25H34N2. The first-order valence-corrected chi connectivity index (χ1v) is 10.2. The highest BCUT2D eigenvalue weighted by molar-refractivity contribution is 5.66. The van der Waals surface area contributed by atoms with E-state index in [1.165, 1.54) is 33.4 Å². The van der Waals surface area contributed by atoms with Crippen molar-refractivity contribution in [2.75, 3.05) is 7.05 Å². The molecule has 1 aliphatic rings. The summed E-state index contributed by atoms with van der Waals surface area (Å²) in [7, 11) is 2.09. The Balaban J connectivity index is 1.76. The lowest BCUT2D eigenvalue weighted by Crippen LogP contribution is -2.53. The van der Waals surface area contributed by atoms with Crippen molar-refractivity contribution in [1.82, 2.24) is 10.2 Å². The molecule has 1 aliphatic heterocycles. The zero-order chi connectivity index (χ0) is 19.6. The standard InChI is InChI=1S/C25H34N2/c1-7-21-15-20(12-11-19(21)4)13-14-25(5,26-6)27-16-22-9-8-10-23(18(2)3)24(22)17-27/h8-12,15,26H,2,7,13-14,16-17H2,1,3-6H3. The molecule has 0 saturated heterocycles. The van der Waals surface area contributed by atoms with E-state index >= 15 is 0 Å². The smallest absolute Gasteiger partial charge is 0.0690 e. The van der Waals surface area contributed by atoms with Crippen LogP contribution >= 0.6 is 0 Å². The molecule has 2 heteroatoms. The molecule has 1 heterocycles. The summed E-state index contributed by atoms with van der Waals surface area (Å²) in [6.07, 6.45) is 3.28. The fourth-order valence-electron chi connectivity index (χ4n) is 4.26. The van der Waals surface area contributed by atoms with E-state index in [0.717, 1.165) is 37.9 Å². The molecule has 27 heavy (non-hydrogen) atoms. The lowest BCUT2D eigenvalue weighted by molar-refractivity contribution is 0.0662. The Morgan fingerprint density at radius 2 is 2.00 bits per heavy atom. The van der Waals surface area contributed by atoms with Gasteiger partial charge in [0.15, 0.2) is 0 Å². The number of fused-ring (bicyclic) bond motifs is 1. The van der Waals surface area contributed by atoms with E-state index in [9.17, 15) is 0 Å². The Hall–Kier alpha value is -1.90. The first-order chi connectivity index (χ1) is 12.9. The number of aryl methyl sites for hydroxylation is 3. The number of nitrogens with zero attached hydrogens (tertiary/aromatic N) is 1. The summed E-state index contributed by atoms with van der Waals surface area (Å²) < 4.78 is 0. The SMILES string of the molecule is C=C(C)c1cccc2c1CN(C(C)(CCc1ccc(C)c(CC)c1)NC)C2. The van der Waals surface area contributed by atoms with Gasteiger partial charge in [0.2, 0.25) is 0 Å². The van der Waals surface area contributed by atoms with Gasteiger partial charge in [0, 0.05) is 13.1 Å². The van der Waals surface area contributed by atoms with Gasteiger partial charge in [-0.05, 0) is 80.5 Å².